The van der Waals surface area contributed by atoms with Gasteiger partial charge in [0.15, 0.2) is 12.4 Å². The summed E-state index contributed by atoms with van der Waals surface area (Å²) in [7, 11) is 1.54. The molecular weight excluding hydrogens is 796 g/mol. The number of amides is 2. The molecule has 6 atom stereocenters. The number of rotatable bonds is 8. The Labute approximate surface area is 296 Å². The van der Waals surface area contributed by atoms with E-state index in [2.05, 4.69) is 47.8 Å². The van der Waals surface area contributed by atoms with Crippen LogP contribution in [0, 0.1) is 23.7 Å². The number of methoxy groups -OCH3 is 1. The molecule has 47 heavy (non-hydrogen) atoms. The van der Waals surface area contributed by atoms with Crippen molar-refractivity contribution >= 4 is 87.9 Å². The predicted octanol–water partition coefficient (Wildman–Crippen LogP) is 7.56. The van der Waals surface area contributed by atoms with Gasteiger partial charge in [0.1, 0.15) is 5.75 Å². The molecule has 2 bridgehead atoms. The number of esters is 1. The minimum atomic E-state index is -0.651. The normalized spacial score (nSPS) is 24.6. The summed E-state index contributed by atoms with van der Waals surface area (Å²) in [6.07, 6.45) is 1.54. The van der Waals surface area contributed by atoms with Crippen LogP contribution < -0.4 is 9.64 Å². The first kappa shape index (κ1) is 32.2. The van der Waals surface area contributed by atoms with E-state index in [0.717, 1.165) is 16.5 Å². The molecule has 3 fully saturated rings. The number of Topliss-reactive ketones (excluding diaryl/α,β-unsaturated/α-hetero) is 1. The van der Waals surface area contributed by atoms with Gasteiger partial charge in [0.25, 0.3) is 0 Å². The molecule has 1 saturated heterocycles. The van der Waals surface area contributed by atoms with Crippen LogP contribution in [0.25, 0.3) is 22.2 Å². The van der Waals surface area contributed by atoms with Crippen LogP contribution in [0.2, 0.25) is 0 Å². The average Bonchev–Trinajstić information content (AvgIpc) is 3.70. The van der Waals surface area contributed by atoms with Crippen LogP contribution >= 0.6 is 47.8 Å². The SMILES string of the molecule is CCc1cc(Br)cc2c(C(=O)OCC(=O)c3ccc(OC)cc3)cc(-c3ccc(N4C(=O)C5C6CC(C(Br)C6Br)C5C4=O)cc3)nc12. The summed E-state index contributed by atoms with van der Waals surface area (Å²) in [4.78, 5) is 60.1. The zero-order valence-corrected chi connectivity index (χ0v) is 30.2. The van der Waals surface area contributed by atoms with E-state index in [0.29, 0.717) is 45.6 Å². The minimum absolute atomic E-state index is 0.134. The third kappa shape index (κ3) is 5.44. The molecule has 2 amide bonds. The number of alkyl halides is 2. The largest absolute Gasteiger partial charge is 0.497 e. The Morgan fingerprint density at radius 2 is 1.55 bits per heavy atom. The number of imide groups is 1. The Kier molecular flexibility index (Phi) is 8.59. The Hall–Kier alpha value is -3.41. The van der Waals surface area contributed by atoms with Gasteiger partial charge in [-0.2, -0.15) is 0 Å². The number of carbonyl (C=O) groups excluding carboxylic acids is 4. The third-order valence-corrected chi connectivity index (χ3v) is 13.4. The highest BCUT2D eigenvalue weighted by Crippen LogP contribution is 2.60. The van der Waals surface area contributed by atoms with Gasteiger partial charge in [0, 0.05) is 30.6 Å². The lowest BCUT2D eigenvalue weighted by Gasteiger charge is -2.28. The Morgan fingerprint density at radius 1 is 0.915 bits per heavy atom. The molecule has 2 heterocycles. The molecule has 0 radical (unpaired) electrons. The number of ketones is 1. The summed E-state index contributed by atoms with van der Waals surface area (Å²) in [5.41, 5.74) is 3.99. The molecule has 240 valence electrons. The van der Waals surface area contributed by atoms with Crippen molar-refractivity contribution in [1.82, 2.24) is 4.98 Å². The molecule has 3 aliphatic rings. The number of ether oxygens (including phenoxy) is 2. The molecule has 11 heteroatoms. The van der Waals surface area contributed by atoms with Gasteiger partial charge in [0.2, 0.25) is 11.8 Å². The van der Waals surface area contributed by atoms with E-state index in [4.69, 9.17) is 14.5 Å². The quantitative estimate of drug-likeness (QED) is 0.0783. The zero-order valence-electron chi connectivity index (χ0n) is 25.4. The van der Waals surface area contributed by atoms with Crippen molar-refractivity contribution < 1.29 is 28.7 Å². The molecule has 0 N–H and O–H groups in total. The smallest absolute Gasteiger partial charge is 0.339 e. The fourth-order valence-electron chi connectivity index (χ4n) is 7.40. The summed E-state index contributed by atoms with van der Waals surface area (Å²) in [5, 5.41) is 0.600. The molecule has 2 saturated carbocycles. The lowest BCUT2D eigenvalue weighted by Crippen LogP contribution is -2.37. The standard InChI is InChI=1S/C36H29Br3N2O6/c1-3-17-12-20(37)13-23-24(36(45)47-16-28(42)19-6-10-22(46-2)11-7-19)15-27(40-33(17)23)18-4-8-21(9-5-18)41-34(43)29-25-14-26(30(29)35(41)44)32(39)31(25)38/h4-13,15,25-26,29-32H,3,14,16H2,1-2H3. The topological polar surface area (TPSA) is 103 Å². The van der Waals surface area contributed by atoms with Gasteiger partial charge < -0.3 is 9.47 Å². The fraction of sp³-hybridized carbons (Fsp3) is 0.306. The third-order valence-electron chi connectivity index (χ3n) is 9.71. The van der Waals surface area contributed by atoms with E-state index in [-0.39, 0.29) is 56.5 Å². The number of pyridine rings is 1. The van der Waals surface area contributed by atoms with Crippen molar-refractivity contribution in [2.75, 3.05) is 18.6 Å². The van der Waals surface area contributed by atoms with Crippen LogP contribution in [0.5, 0.6) is 5.75 Å². The highest BCUT2D eigenvalue weighted by Gasteiger charge is 2.66. The van der Waals surface area contributed by atoms with E-state index < -0.39 is 12.6 Å². The second kappa shape index (κ2) is 12.6. The van der Waals surface area contributed by atoms with E-state index >= 15 is 0 Å². The maximum Gasteiger partial charge on any atom is 0.339 e. The van der Waals surface area contributed by atoms with Crippen molar-refractivity contribution in [1.29, 1.82) is 0 Å². The molecule has 4 aromatic rings. The highest BCUT2D eigenvalue weighted by atomic mass is 79.9. The number of aryl methyl sites for hydroxylation is 1. The van der Waals surface area contributed by atoms with Crippen LogP contribution in [0.4, 0.5) is 5.69 Å². The van der Waals surface area contributed by atoms with Crippen molar-refractivity contribution in [2.45, 2.75) is 29.4 Å². The molecule has 1 aromatic heterocycles. The summed E-state index contributed by atoms with van der Waals surface area (Å²) >= 11 is 11.0. The first-order valence-electron chi connectivity index (χ1n) is 15.3. The van der Waals surface area contributed by atoms with E-state index in [1.165, 1.54) is 4.90 Å². The lowest BCUT2D eigenvalue weighted by molar-refractivity contribution is -0.123. The molecule has 3 aromatic carbocycles. The van der Waals surface area contributed by atoms with Crippen molar-refractivity contribution in [3.63, 3.8) is 0 Å². The maximum atomic E-state index is 13.6. The van der Waals surface area contributed by atoms with Gasteiger partial charge in [-0.15, -0.1) is 0 Å². The summed E-state index contributed by atoms with van der Waals surface area (Å²) in [5.74, 6) is -0.986. The molecule has 0 spiro atoms. The first-order chi connectivity index (χ1) is 22.6. The number of fused-ring (bicyclic) bond motifs is 6. The Morgan fingerprint density at radius 3 is 2.15 bits per heavy atom. The van der Waals surface area contributed by atoms with Gasteiger partial charge in [-0.25, -0.2) is 9.78 Å². The Balaban J connectivity index is 1.18. The maximum absolute atomic E-state index is 13.6. The van der Waals surface area contributed by atoms with Crippen LogP contribution in [-0.2, 0) is 20.7 Å². The van der Waals surface area contributed by atoms with Gasteiger partial charge >= 0.3 is 5.97 Å². The van der Waals surface area contributed by atoms with Gasteiger partial charge in [-0.3, -0.25) is 19.3 Å². The van der Waals surface area contributed by atoms with Crippen LogP contribution in [0.15, 0.2) is 71.2 Å². The number of hydrogen-bond acceptors (Lipinski definition) is 7. The van der Waals surface area contributed by atoms with Gasteiger partial charge in [-0.1, -0.05) is 66.8 Å². The van der Waals surface area contributed by atoms with E-state index in [9.17, 15) is 19.2 Å². The second-order valence-electron chi connectivity index (χ2n) is 12.2. The number of nitrogens with zero attached hydrogens (tertiary/aromatic N) is 2. The molecule has 2 aliphatic carbocycles. The van der Waals surface area contributed by atoms with Crippen LogP contribution in [-0.4, -0.2) is 51.9 Å². The molecule has 1 aliphatic heterocycles. The zero-order chi connectivity index (χ0) is 33.1. The van der Waals surface area contributed by atoms with E-state index in [1.54, 1.807) is 61.7 Å². The number of halogens is 3. The second-order valence-corrected chi connectivity index (χ2v) is 15.2. The van der Waals surface area contributed by atoms with Crippen LogP contribution in [0.3, 0.4) is 0 Å². The van der Waals surface area contributed by atoms with Crippen molar-refractivity contribution in [3.05, 3.63) is 87.9 Å². The summed E-state index contributed by atoms with van der Waals surface area (Å²) in [6.45, 7) is 1.58. The number of aromatic nitrogens is 1. The molecule has 6 unspecified atom stereocenters. The average molecular weight is 825 g/mol. The summed E-state index contributed by atoms with van der Waals surface area (Å²) < 4.78 is 11.5. The molecule has 8 nitrogen and oxygen atoms in total. The highest BCUT2D eigenvalue weighted by molar-refractivity contribution is 9.12. The minimum Gasteiger partial charge on any atom is -0.497 e. The monoisotopic (exact) mass is 822 g/mol. The number of hydrogen-bond donors (Lipinski definition) is 0. The Bertz CT molecular complexity index is 1920. The number of anilines is 1. The van der Waals surface area contributed by atoms with Crippen molar-refractivity contribution in [2.24, 2.45) is 23.7 Å². The predicted molar refractivity (Wildman–Crippen MR) is 188 cm³/mol. The molecule has 7 rings (SSSR count). The van der Waals surface area contributed by atoms with Crippen molar-refractivity contribution in [3.8, 4) is 17.0 Å². The first-order valence-corrected chi connectivity index (χ1v) is 18.0. The number of benzene rings is 3. The van der Waals surface area contributed by atoms with E-state index in [1.807, 2.05) is 19.1 Å². The lowest BCUT2D eigenvalue weighted by atomic mass is 9.81. The number of carbonyl (C=O) groups is 4. The van der Waals surface area contributed by atoms with Crippen LogP contribution in [0.1, 0.15) is 39.6 Å². The fourth-order valence-corrected chi connectivity index (χ4v) is 9.78. The van der Waals surface area contributed by atoms with Gasteiger partial charge in [0.05, 0.1) is 41.4 Å². The molecular formula is C36H29Br3N2O6. The summed E-state index contributed by atoms with van der Waals surface area (Å²) in [6, 6.07) is 19.2. The van der Waals surface area contributed by atoms with Gasteiger partial charge in [-0.05, 0) is 84.8 Å².